The molecule has 6 nitrogen and oxygen atoms in total. The van der Waals surface area contributed by atoms with Gasteiger partial charge >= 0.3 is 0 Å². The summed E-state index contributed by atoms with van der Waals surface area (Å²) < 4.78 is 10.5. The Balaban J connectivity index is 1.49. The molecular weight excluding hydrogens is 368 g/mol. The number of amides is 2. The smallest absolute Gasteiger partial charge is 0.231 e. The second-order valence-electron chi connectivity index (χ2n) is 6.25. The van der Waals surface area contributed by atoms with Crippen LogP contribution in [-0.4, -0.2) is 36.6 Å². The molecule has 27 heavy (non-hydrogen) atoms. The van der Waals surface area contributed by atoms with E-state index in [2.05, 4.69) is 5.32 Å². The van der Waals surface area contributed by atoms with Crippen LogP contribution in [-0.2, 0) is 16.0 Å². The fourth-order valence-electron chi connectivity index (χ4n) is 2.82. The lowest BCUT2D eigenvalue weighted by molar-refractivity contribution is -0.129. The highest BCUT2D eigenvalue weighted by Crippen LogP contribution is 2.34. The molecule has 1 aliphatic rings. The molecule has 0 aromatic heterocycles. The van der Waals surface area contributed by atoms with Gasteiger partial charge in [0.25, 0.3) is 0 Å². The van der Waals surface area contributed by atoms with Gasteiger partial charge in [-0.2, -0.15) is 0 Å². The molecule has 0 fully saturated rings. The Morgan fingerprint density at radius 2 is 1.93 bits per heavy atom. The number of rotatable bonds is 7. The first-order chi connectivity index (χ1) is 13.0. The quantitative estimate of drug-likeness (QED) is 0.788. The summed E-state index contributed by atoms with van der Waals surface area (Å²) in [6.45, 7) is 2.58. The predicted molar refractivity (Wildman–Crippen MR) is 103 cm³/mol. The molecule has 0 atom stereocenters. The zero-order chi connectivity index (χ0) is 19.2. The van der Waals surface area contributed by atoms with E-state index in [0.29, 0.717) is 41.7 Å². The lowest BCUT2D eigenvalue weighted by Crippen LogP contribution is -2.33. The van der Waals surface area contributed by atoms with Crippen molar-refractivity contribution in [1.82, 2.24) is 4.90 Å². The maximum Gasteiger partial charge on any atom is 0.231 e. The normalized spacial score (nSPS) is 11.9. The fourth-order valence-corrected chi connectivity index (χ4v) is 3.03. The van der Waals surface area contributed by atoms with Crippen molar-refractivity contribution in [3.63, 3.8) is 0 Å². The van der Waals surface area contributed by atoms with Crippen molar-refractivity contribution in [2.45, 2.75) is 19.8 Å². The Kier molecular flexibility index (Phi) is 6.19. The molecule has 0 spiro atoms. The van der Waals surface area contributed by atoms with Crippen molar-refractivity contribution in [2.75, 3.05) is 25.2 Å². The zero-order valence-electron chi connectivity index (χ0n) is 15.0. The molecule has 0 saturated heterocycles. The Hall–Kier alpha value is -2.73. The topological polar surface area (TPSA) is 67.9 Å². The first kappa shape index (κ1) is 19.0. The molecule has 2 aromatic rings. The molecule has 0 bridgehead atoms. The molecule has 3 rings (SSSR count). The van der Waals surface area contributed by atoms with Crippen LogP contribution in [0, 0.1) is 0 Å². The average Bonchev–Trinajstić information content (AvgIpc) is 3.09. The number of carbonyl (C=O) groups excluding carboxylic acids is 2. The monoisotopic (exact) mass is 388 g/mol. The highest BCUT2D eigenvalue weighted by Gasteiger charge is 2.15. The van der Waals surface area contributed by atoms with E-state index in [0.717, 1.165) is 5.56 Å². The van der Waals surface area contributed by atoms with Gasteiger partial charge in [0.05, 0.1) is 0 Å². The van der Waals surface area contributed by atoms with Gasteiger partial charge in [-0.3, -0.25) is 9.59 Å². The van der Waals surface area contributed by atoms with Crippen molar-refractivity contribution in [1.29, 1.82) is 0 Å². The van der Waals surface area contributed by atoms with Crippen molar-refractivity contribution in [3.8, 4) is 11.5 Å². The van der Waals surface area contributed by atoms with E-state index in [-0.39, 0.29) is 25.0 Å². The SMILES string of the molecule is CC(=O)N(CCC(=O)Nc1ccc2c(c1)OCO2)CCc1cccc(Cl)c1. The first-order valence-corrected chi connectivity index (χ1v) is 9.08. The van der Waals surface area contributed by atoms with E-state index in [9.17, 15) is 9.59 Å². The number of fused-ring (bicyclic) bond motifs is 1. The van der Waals surface area contributed by atoms with Gasteiger partial charge in [0.15, 0.2) is 11.5 Å². The zero-order valence-corrected chi connectivity index (χ0v) is 15.8. The summed E-state index contributed by atoms with van der Waals surface area (Å²) in [6, 6.07) is 12.8. The number of carbonyl (C=O) groups is 2. The minimum Gasteiger partial charge on any atom is -0.454 e. The van der Waals surface area contributed by atoms with E-state index in [1.807, 2.05) is 24.3 Å². The summed E-state index contributed by atoms with van der Waals surface area (Å²) in [4.78, 5) is 25.8. The summed E-state index contributed by atoms with van der Waals surface area (Å²) in [5, 5.41) is 3.49. The number of halogens is 1. The van der Waals surface area contributed by atoms with Crippen LogP contribution in [0.15, 0.2) is 42.5 Å². The van der Waals surface area contributed by atoms with E-state index in [1.165, 1.54) is 6.92 Å². The summed E-state index contributed by atoms with van der Waals surface area (Å²) in [6.07, 6.45) is 0.896. The first-order valence-electron chi connectivity index (χ1n) is 8.71. The second kappa shape index (κ2) is 8.77. The molecule has 2 amide bonds. The number of nitrogens with zero attached hydrogens (tertiary/aromatic N) is 1. The van der Waals surface area contributed by atoms with Gasteiger partial charge in [0.1, 0.15) is 0 Å². The van der Waals surface area contributed by atoms with Gasteiger partial charge in [-0.15, -0.1) is 0 Å². The Morgan fingerprint density at radius 3 is 2.70 bits per heavy atom. The van der Waals surface area contributed by atoms with E-state index >= 15 is 0 Å². The number of hydrogen-bond donors (Lipinski definition) is 1. The van der Waals surface area contributed by atoms with Crippen LogP contribution in [0.3, 0.4) is 0 Å². The van der Waals surface area contributed by atoms with Crippen LogP contribution >= 0.6 is 11.6 Å². The molecule has 2 aromatic carbocycles. The van der Waals surface area contributed by atoms with Gasteiger partial charge in [0, 0.05) is 43.2 Å². The maximum absolute atomic E-state index is 12.2. The highest BCUT2D eigenvalue weighted by molar-refractivity contribution is 6.30. The molecule has 0 unspecified atom stereocenters. The number of nitrogens with one attached hydrogen (secondary N) is 1. The minimum atomic E-state index is -0.164. The standard InChI is InChI=1S/C20H21ClN2O4/c1-14(24)23(9-7-15-3-2-4-16(21)11-15)10-8-20(25)22-17-5-6-18-19(12-17)27-13-26-18/h2-6,11-12H,7-10,13H2,1H3,(H,22,25). The lowest BCUT2D eigenvalue weighted by Gasteiger charge is -2.21. The highest BCUT2D eigenvalue weighted by atomic mass is 35.5. The Bertz CT molecular complexity index is 840. The van der Waals surface area contributed by atoms with E-state index in [1.54, 1.807) is 23.1 Å². The largest absolute Gasteiger partial charge is 0.454 e. The van der Waals surface area contributed by atoms with Crippen LogP contribution < -0.4 is 14.8 Å². The summed E-state index contributed by atoms with van der Waals surface area (Å²) in [7, 11) is 0. The molecular formula is C20H21ClN2O4. The van der Waals surface area contributed by atoms with E-state index in [4.69, 9.17) is 21.1 Å². The third kappa shape index (κ3) is 5.37. The van der Waals surface area contributed by atoms with Crippen molar-refractivity contribution < 1.29 is 19.1 Å². The van der Waals surface area contributed by atoms with Gasteiger partial charge in [-0.05, 0) is 36.2 Å². The number of benzene rings is 2. The van der Waals surface area contributed by atoms with Gasteiger partial charge in [0.2, 0.25) is 18.6 Å². The summed E-state index contributed by atoms with van der Waals surface area (Å²) in [5.74, 6) is 1.05. The molecule has 7 heteroatoms. The van der Waals surface area contributed by atoms with Crippen LogP contribution in [0.25, 0.3) is 0 Å². The fraction of sp³-hybridized carbons (Fsp3) is 0.300. The molecule has 0 saturated carbocycles. The van der Waals surface area contributed by atoms with Crippen molar-refractivity contribution in [3.05, 3.63) is 53.1 Å². The molecule has 0 aliphatic carbocycles. The van der Waals surface area contributed by atoms with Crippen molar-refractivity contribution >= 4 is 29.1 Å². The number of ether oxygens (including phenoxy) is 2. The van der Waals surface area contributed by atoms with Crippen LogP contribution in [0.5, 0.6) is 11.5 Å². The second-order valence-corrected chi connectivity index (χ2v) is 6.69. The molecule has 142 valence electrons. The van der Waals surface area contributed by atoms with Crippen LogP contribution in [0.4, 0.5) is 5.69 Å². The van der Waals surface area contributed by atoms with Crippen LogP contribution in [0.2, 0.25) is 5.02 Å². The average molecular weight is 389 g/mol. The molecule has 1 N–H and O–H groups in total. The Labute approximate surface area is 163 Å². The number of anilines is 1. The third-order valence-electron chi connectivity index (χ3n) is 4.27. The van der Waals surface area contributed by atoms with Gasteiger partial charge < -0.3 is 19.7 Å². The molecule has 1 aliphatic heterocycles. The van der Waals surface area contributed by atoms with Crippen LogP contribution in [0.1, 0.15) is 18.9 Å². The summed E-state index contributed by atoms with van der Waals surface area (Å²) >= 11 is 5.99. The van der Waals surface area contributed by atoms with Gasteiger partial charge in [-0.25, -0.2) is 0 Å². The minimum absolute atomic E-state index is 0.0621. The third-order valence-corrected chi connectivity index (χ3v) is 4.50. The Morgan fingerprint density at radius 1 is 1.11 bits per heavy atom. The van der Waals surface area contributed by atoms with E-state index < -0.39 is 0 Å². The number of hydrogen-bond acceptors (Lipinski definition) is 4. The van der Waals surface area contributed by atoms with Crippen molar-refractivity contribution in [2.24, 2.45) is 0 Å². The summed E-state index contributed by atoms with van der Waals surface area (Å²) in [5.41, 5.74) is 1.69. The maximum atomic E-state index is 12.2. The van der Waals surface area contributed by atoms with Gasteiger partial charge in [-0.1, -0.05) is 23.7 Å². The molecule has 0 radical (unpaired) electrons. The lowest BCUT2D eigenvalue weighted by atomic mass is 10.1. The molecule has 1 heterocycles. The predicted octanol–water partition coefficient (Wildman–Crippen LogP) is 3.49.